The molecule has 0 aliphatic rings. The molecular formula is C20H28N6O8S. The van der Waals surface area contributed by atoms with Crippen LogP contribution in [0.4, 0.5) is 0 Å². The summed E-state index contributed by atoms with van der Waals surface area (Å²) in [6.45, 7) is 0. The molecule has 35 heavy (non-hydrogen) atoms. The average molecular weight is 513 g/mol. The van der Waals surface area contributed by atoms with Crippen molar-refractivity contribution < 1.29 is 39.0 Å². The van der Waals surface area contributed by atoms with E-state index in [1.165, 1.54) is 12.1 Å². The Hall–Kier alpha value is -3.85. The lowest BCUT2D eigenvalue weighted by atomic mass is 10.0. The fraction of sp³-hybridized carbons (Fsp3) is 0.400. The molecule has 192 valence electrons. The van der Waals surface area contributed by atoms with Gasteiger partial charge in [0.25, 0.3) is 0 Å². The Balaban J connectivity index is 2.95. The third kappa shape index (κ3) is 10.3. The molecule has 11 N–H and O–H groups in total. The van der Waals surface area contributed by atoms with Crippen molar-refractivity contribution in [3.8, 4) is 5.75 Å². The standard InChI is InChI=1S/C20H28N6O8S/c21-11(5-9-1-3-10(27)4-2-9)17(30)24-12(6-15(22)28)18(31)25-13(7-16(23)29)19(32)26-14(8-35)20(33)34/h1-4,11-14,27,35H,5-8,21H2,(H2,22,28)(H2,23,29)(H,24,30)(H,25,31)(H,26,32)(H,33,34). The summed E-state index contributed by atoms with van der Waals surface area (Å²) < 4.78 is 0. The molecule has 0 aromatic heterocycles. The number of aromatic hydroxyl groups is 1. The van der Waals surface area contributed by atoms with Crippen LogP contribution in [-0.4, -0.2) is 75.6 Å². The molecule has 0 saturated carbocycles. The van der Waals surface area contributed by atoms with Crippen molar-refractivity contribution in [2.75, 3.05) is 5.75 Å². The zero-order valence-electron chi connectivity index (χ0n) is 18.5. The number of carbonyl (C=O) groups is 6. The third-order valence-electron chi connectivity index (χ3n) is 4.60. The molecule has 0 spiro atoms. The largest absolute Gasteiger partial charge is 0.508 e. The summed E-state index contributed by atoms with van der Waals surface area (Å²) in [5.74, 6) is -6.56. The Kier molecular flexibility index (Phi) is 11.5. The van der Waals surface area contributed by atoms with E-state index in [0.717, 1.165) is 0 Å². The minimum atomic E-state index is -1.61. The summed E-state index contributed by atoms with van der Waals surface area (Å²) in [5, 5.41) is 24.9. The van der Waals surface area contributed by atoms with Crippen LogP contribution in [0.2, 0.25) is 0 Å². The van der Waals surface area contributed by atoms with E-state index >= 15 is 0 Å². The topological polar surface area (TPSA) is 257 Å². The number of aliphatic carboxylic acids is 1. The van der Waals surface area contributed by atoms with E-state index in [4.69, 9.17) is 22.3 Å². The first kappa shape index (κ1) is 29.2. The van der Waals surface area contributed by atoms with Crippen molar-refractivity contribution in [3.63, 3.8) is 0 Å². The number of phenolic OH excluding ortho intramolecular Hbond substituents is 1. The number of rotatable bonds is 14. The van der Waals surface area contributed by atoms with Crippen molar-refractivity contribution in [3.05, 3.63) is 29.8 Å². The zero-order chi connectivity index (χ0) is 26.7. The summed E-state index contributed by atoms with van der Waals surface area (Å²) in [5.41, 5.74) is 16.7. The van der Waals surface area contributed by atoms with Gasteiger partial charge >= 0.3 is 5.97 Å². The van der Waals surface area contributed by atoms with Crippen molar-refractivity contribution in [2.45, 2.75) is 43.4 Å². The number of amides is 5. The van der Waals surface area contributed by atoms with E-state index < -0.39 is 72.5 Å². The minimum Gasteiger partial charge on any atom is -0.508 e. The SMILES string of the molecule is NC(=O)CC(NC(=O)C(N)Cc1ccc(O)cc1)C(=O)NC(CC(N)=O)C(=O)NC(CS)C(=O)O. The Morgan fingerprint density at radius 3 is 1.63 bits per heavy atom. The van der Waals surface area contributed by atoms with Gasteiger partial charge < -0.3 is 43.4 Å². The van der Waals surface area contributed by atoms with E-state index in [1.807, 2.05) is 0 Å². The van der Waals surface area contributed by atoms with Crippen LogP contribution < -0.4 is 33.2 Å². The molecule has 1 aromatic rings. The molecule has 0 aliphatic heterocycles. The van der Waals surface area contributed by atoms with Crippen LogP contribution in [0.25, 0.3) is 0 Å². The molecule has 0 bridgehead atoms. The van der Waals surface area contributed by atoms with Crippen LogP contribution in [0.3, 0.4) is 0 Å². The lowest BCUT2D eigenvalue weighted by Crippen LogP contribution is -2.58. The van der Waals surface area contributed by atoms with Crippen molar-refractivity contribution in [2.24, 2.45) is 17.2 Å². The Bertz CT molecular complexity index is 957. The molecule has 1 aromatic carbocycles. The number of carboxylic acid groups (broad SMARTS) is 1. The van der Waals surface area contributed by atoms with Crippen molar-refractivity contribution in [1.82, 2.24) is 16.0 Å². The van der Waals surface area contributed by atoms with E-state index in [1.54, 1.807) is 12.1 Å². The second kappa shape index (κ2) is 13.8. The van der Waals surface area contributed by atoms with E-state index in [2.05, 4.69) is 28.6 Å². The number of primary amides is 2. The van der Waals surface area contributed by atoms with E-state index in [0.29, 0.717) is 5.56 Å². The van der Waals surface area contributed by atoms with Gasteiger partial charge in [-0.3, -0.25) is 24.0 Å². The molecule has 0 fully saturated rings. The van der Waals surface area contributed by atoms with Crippen LogP contribution in [0.5, 0.6) is 5.75 Å². The van der Waals surface area contributed by atoms with Gasteiger partial charge in [0.05, 0.1) is 18.9 Å². The van der Waals surface area contributed by atoms with Gasteiger partial charge in [-0.25, -0.2) is 4.79 Å². The summed E-state index contributed by atoms with van der Waals surface area (Å²) in [6, 6.07) is 0.132. The normalized spacial score (nSPS) is 14.0. The highest BCUT2D eigenvalue weighted by Gasteiger charge is 2.31. The molecule has 0 saturated heterocycles. The number of hydrogen-bond acceptors (Lipinski definition) is 9. The van der Waals surface area contributed by atoms with Crippen molar-refractivity contribution >= 4 is 48.1 Å². The second-order valence-corrected chi connectivity index (χ2v) is 7.89. The van der Waals surface area contributed by atoms with Crippen LogP contribution in [0.15, 0.2) is 24.3 Å². The second-order valence-electron chi connectivity index (χ2n) is 7.52. The third-order valence-corrected chi connectivity index (χ3v) is 4.97. The predicted molar refractivity (Wildman–Crippen MR) is 125 cm³/mol. The highest BCUT2D eigenvalue weighted by Crippen LogP contribution is 2.11. The molecule has 1 rings (SSSR count). The molecule has 0 heterocycles. The lowest BCUT2D eigenvalue weighted by Gasteiger charge is -2.24. The number of carboxylic acids is 1. The van der Waals surface area contributed by atoms with E-state index in [9.17, 15) is 33.9 Å². The summed E-state index contributed by atoms with van der Waals surface area (Å²) in [6.07, 6.45) is -1.33. The number of thiol groups is 1. The van der Waals surface area contributed by atoms with Gasteiger partial charge in [-0.05, 0) is 24.1 Å². The molecule has 14 nitrogen and oxygen atoms in total. The number of nitrogens with two attached hydrogens (primary N) is 3. The van der Waals surface area contributed by atoms with Crippen LogP contribution in [0, 0.1) is 0 Å². The zero-order valence-corrected chi connectivity index (χ0v) is 19.4. The van der Waals surface area contributed by atoms with Gasteiger partial charge in [0, 0.05) is 5.75 Å². The Morgan fingerprint density at radius 2 is 1.23 bits per heavy atom. The highest BCUT2D eigenvalue weighted by atomic mass is 32.1. The van der Waals surface area contributed by atoms with Gasteiger partial charge in [-0.15, -0.1) is 0 Å². The first-order chi connectivity index (χ1) is 16.3. The van der Waals surface area contributed by atoms with Crippen LogP contribution in [-0.2, 0) is 35.2 Å². The highest BCUT2D eigenvalue weighted by molar-refractivity contribution is 7.80. The summed E-state index contributed by atoms with van der Waals surface area (Å²) in [7, 11) is 0. The average Bonchev–Trinajstić information content (AvgIpc) is 2.76. The van der Waals surface area contributed by atoms with Crippen molar-refractivity contribution in [1.29, 1.82) is 0 Å². The summed E-state index contributed by atoms with van der Waals surface area (Å²) >= 11 is 3.81. The Morgan fingerprint density at radius 1 is 0.800 bits per heavy atom. The number of phenols is 1. The fourth-order valence-corrected chi connectivity index (χ4v) is 3.06. The monoisotopic (exact) mass is 512 g/mol. The quantitative estimate of drug-likeness (QED) is 0.112. The number of benzene rings is 1. The lowest BCUT2D eigenvalue weighted by molar-refractivity contribution is -0.142. The maximum atomic E-state index is 12.8. The van der Waals surface area contributed by atoms with E-state index in [-0.39, 0.29) is 17.9 Å². The van der Waals surface area contributed by atoms with Gasteiger partial charge in [-0.1, -0.05) is 12.1 Å². The van der Waals surface area contributed by atoms with Crippen LogP contribution in [0.1, 0.15) is 18.4 Å². The molecule has 15 heteroatoms. The molecule has 5 amide bonds. The van der Waals surface area contributed by atoms with Gasteiger partial charge in [0.2, 0.25) is 29.5 Å². The first-order valence-corrected chi connectivity index (χ1v) is 10.8. The van der Waals surface area contributed by atoms with Gasteiger partial charge in [0.1, 0.15) is 23.9 Å². The minimum absolute atomic E-state index is 0.0172. The smallest absolute Gasteiger partial charge is 0.327 e. The molecule has 0 aliphatic carbocycles. The number of carbonyl (C=O) groups excluding carboxylic acids is 5. The first-order valence-electron chi connectivity index (χ1n) is 10.2. The van der Waals surface area contributed by atoms with Crippen LogP contribution >= 0.6 is 12.6 Å². The summed E-state index contributed by atoms with van der Waals surface area (Å²) in [4.78, 5) is 71.7. The molecule has 0 radical (unpaired) electrons. The molecule has 4 unspecified atom stereocenters. The molecular weight excluding hydrogens is 484 g/mol. The van der Waals surface area contributed by atoms with Gasteiger partial charge in [0.15, 0.2) is 0 Å². The molecule has 4 atom stereocenters. The predicted octanol–water partition coefficient (Wildman–Crippen LogP) is -3.52. The maximum absolute atomic E-state index is 12.8. The number of hydrogen-bond donors (Lipinski definition) is 9. The Labute approximate surface area is 205 Å². The maximum Gasteiger partial charge on any atom is 0.327 e. The number of nitrogens with one attached hydrogen (secondary N) is 3. The fourth-order valence-electron chi connectivity index (χ4n) is 2.81. The van der Waals surface area contributed by atoms with Gasteiger partial charge in [-0.2, -0.15) is 12.6 Å².